The molecular formula is C3H6O3. The molecule has 0 aliphatic rings. The van der Waals surface area contributed by atoms with Crippen LogP contribution in [0.1, 0.15) is 0 Å². The van der Waals surface area contributed by atoms with Gasteiger partial charge in [-0.3, -0.25) is 0 Å². The van der Waals surface area contributed by atoms with Crippen molar-refractivity contribution in [2.45, 2.75) is 0 Å². The van der Waals surface area contributed by atoms with Gasteiger partial charge in [0.05, 0.1) is 0 Å². The van der Waals surface area contributed by atoms with Gasteiger partial charge in [0.1, 0.15) is 20.4 Å². The highest BCUT2D eigenvalue weighted by atomic mass is 16.1. The van der Waals surface area contributed by atoms with E-state index < -0.39 is 0 Å². The number of rotatable bonds is 0. The fourth-order valence-corrected chi connectivity index (χ4v) is 0. The van der Waals surface area contributed by atoms with Gasteiger partial charge in [0.15, 0.2) is 0 Å². The van der Waals surface area contributed by atoms with Gasteiger partial charge in [0.25, 0.3) is 0 Å². The van der Waals surface area contributed by atoms with Gasteiger partial charge >= 0.3 is 0 Å². The van der Waals surface area contributed by atoms with Crippen molar-refractivity contribution < 1.29 is 14.4 Å². The molecule has 0 spiro atoms. The maximum absolute atomic E-state index is 8.00. The molecule has 0 aliphatic carbocycles. The zero-order valence-electron chi connectivity index (χ0n) is 3.35. The highest BCUT2D eigenvalue weighted by Gasteiger charge is 0.640. The van der Waals surface area contributed by atoms with Crippen LogP contribution in [-0.2, 0) is 14.4 Å². The molecule has 0 saturated heterocycles. The van der Waals surface area contributed by atoms with Crippen molar-refractivity contribution >= 4 is 20.4 Å². The first-order valence-corrected chi connectivity index (χ1v) is 0.866. The number of hydrogen-bond donors (Lipinski definition) is 0. The summed E-state index contributed by atoms with van der Waals surface area (Å²) in [5.74, 6) is 0. The van der Waals surface area contributed by atoms with Crippen LogP contribution in [-0.4, -0.2) is 20.4 Å². The summed E-state index contributed by atoms with van der Waals surface area (Å²) < 4.78 is 0. The summed E-state index contributed by atoms with van der Waals surface area (Å²) in [5, 5.41) is 0. The van der Waals surface area contributed by atoms with Crippen molar-refractivity contribution in [3.8, 4) is 0 Å². The van der Waals surface area contributed by atoms with E-state index in [1.807, 2.05) is 20.4 Å². The maximum atomic E-state index is 8.00. The largest absolute Gasteiger partial charge is 0.307 e. The van der Waals surface area contributed by atoms with Crippen LogP contribution in [0.2, 0.25) is 0 Å². The lowest BCUT2D eigenvalue weighted by Crippen LogP contribution is -0.925. The summed E-state index contributed by atoms with van der Waals surface area (Å²) in [6.07, 6.45) is 0. The summed E-state index contributed by atoms with van der Waals surface area (Å²) in [6.45, 7) is 6.00. The Morgan fingerprint density at radius 1 is 0.500 bits per heavy atom. The number of hydrogen-bond acceptors (Lipinski definition) is 3. The van der Waals surface area contributed by atoms with Crippen LogP contribution in [0.25, 0.3) is 0 Å². The fourth-order valence-electron chi connectivity index (χ4n) is 0. The van der Waals surface area contributed by atoms with Gasteiger partial charge in [0.2, 0.25) is 0 Å². The third-order valence-electron chi connectivity index (χ3n) is 0. The average Bonchev–Trinajstić information content (AvgIpc) is 1.81. The van der Waals surface area contributed by atoms with E-state index in [1.54, 1.807) is 0 Å². The van der Waals surface area contributed by atoms with Gasteiger partial charge in [-0.15, -0.1) is 0 Å². The van der Waals surface area contributed by atoms with Crippen molar-refractivity contribution in [1.29, 1.82) is 0 Å². The van der Waals surface area contributed by atoms with E-state index in [2.05, 4.69) is 0 Å². The van der Waals surface area contributed by atoms with E-state index in [4.69, 9.17) is 14.4 Å². The Labute approximate surface area is 36.0 Å². The predicted molar refractivity (Wildman–Crippen MR) is 21.4 cm³/mol. The molecule has 0 aromatic carbocycles. The van der Waals surface area contributed by atoms with Crippen molar-refractivity contribution in [2.75, 3.05) is 0 Å². The summed E-state index contributed by atoms with van der Waals surface area (Å²) in [5.41, 5.74) is 0. The molecule has 0 bridgehead atoms. The Bertz CT molecular complexity index is 10.8. The highest BCUT2D eigenvalue weighted by molar-refractivity contribution is 5.11. The van der Waals surface area contributed by atoms with E-state index in [0.29, 0.717) is 0 Å². The number of carbonyl (C=O) groups is 3. The van der Waals surface area contributed by atoms with E-state index in [-0.39, 0.29) is 0 Å². The molecular weight excluding hydrogens is 84.0 g/mol. The standard InChI is InChI=1S/3CH2O/c3*1-2/h3*1H2. The second-order valence-corrected chi connectivity index (χ2v) is 0. The molecule has 0 N–H and O–H groups in total. The lowest BCUT2D eigenvalue weighted by Gasteiger charge is -0.837. The van der Waals surface area contributed by atoms with Crippen LogP contribution in [0, 0.1) is 0 Å². The lowest BCUT2D eigenvalue weighted by atomic mass is 11.9. The van der Waals surface area contributed by atoms with Crippen molar-refractivity contribution in [2.24, 2.45) is 0 Å². The van der Waals surface area contributed by atoms with Crippen molar-refractivity contribution in [3.63, 3.8) is 0 Å². The van der Waals surface area contributed by atoms with Crippen LogP contribution in [0.15, 0.2) is 0 Å². The minimum atomic E-state index is 2.00. The molecule has 0 rings (SSSR count). The Balaban J connectivity index is -0.0000000225. The maximum Gasteiger partial charge on any atom is 0.106 e. The van der Waals surface area contributed by atoms with Gasteiger partial charge in [0, 0.05) is 0 Å². The van der Waals surface area contributed by atoms with E-state index in [1.165, 1.54) is 0 Å². The zero-order chi connectivity index (χ0) is 6.00. The van der Waals surface area contributed by atoms with Crippen LogP contribution < -0.4 is 0 Å². The fraction of sp³-hybridized carbons (Fsp3) is 0. The Morgan fingerprint density at radius 2 is 0.500 bits per heavy atom. The van der Waals surface area contributed by atoms with Crippen LogP contribution in [0.5, 0.6) is 0 Å². The van der Waals surface area contributed by atoms with E-state index >= 15 is 0 Å². The van der Waals surface area contributed by atoms with E-state index in [0.717, 1.165) is 0 Å². The van der Waals surface area contributed by atoms with Gasteiger partial charge < -0.3 is 14.4 Å². The quantitative estimate of drug-likeness (QED) is 0.401. The zero-order valence-corrected chi connectivity index (χ0v) is 3.35. The molecule has 0 atom stereocenters. The van der Waals surface area contributed by atoms with Gasteiger partial charge in [-0.2, -0.15) is 0 Å². The first-order valence-electron chi connectivity index (χ1n) is 0.866. The molecule has 0 amide bonds. The summed E-state index contributed by atoms with van der Waals surface area (Å²) in [7, 11) is 0. The molecule has 3 heteroatoms. The molecule has 0 heterocycles. The SMILES string of the molecule is C=O.C=O.C=O. The average molecular weight is 90.1 g/mol. The van der Waals surface area contributed by atoms with Gasteiger partial charge in [-0.25, -0.2) is 0 Å². The second kappa shape index (κ2) is 37.1. The first kappa shape index (κ1) is 19.9. The molecule has 0 aromatic heterocycles. The van der Waals surface area contributed by atoms with Crippen LogP contribution >= 0.6 is 0 Å². The topological polar surface area (TPSA) is 51.2 Å². The van der Waals surface area contributed by atoms with Crippen LogP contribution in [0.3, 0.4) is 0 Å². The molecule has 36 valence electrons. The minimum absolute atomic E-state index is 2.00. The van der Waals surface area contributed by atoms with Gasteiger partial charge in [-0.1, -0.05) is 0 Å². The smallest absolute Gasteiger partial charge is 0.106 e. The van der Waals surface area contributed by atoms with Gasteiger partial charge in [-0.05, 0) is 0 Å². The van der Waals surface area contributed by atoms with Crippen molar-refractivity contribution in [1.82, 2.24) is 0 Å². The first-order chi connectivity index (χ1) is 3.00. The Hall–Kier alpha value is -0.990. The van der Waals surface area contributed by atoms with E-state index in [9.17, 15) is 0 Å². The van der Waals surface area contributed by atoms with Crippen LogP contribution in [0.4, 0.5) is 0 Å². The Kier molecular flexibility index (Phi) is 123. The molecule has 3 nitrogen and oxygen atoms in total. The summed E-state index contributed by atoms with van der Waals surface area (Å²) in [6, 6.07) is 0. The normalized spacial score (nSPS) is 2.00. The predicted octanol–water partition coefficient (Wildman–Crippen LogP) is -0.555. The molecule has 0 saturated carbocycles. The molecule has 0 radical (unpaired) electrons. The molecule has 0 unspecified atom stereocenters. The lowest BCUT2D eigenvalue weighted by molar-refractivity contribution is -0.0987. The third-order valence-corrected chi connectivity index (χ3v) is 0. The number of carbonyl (C=O) groups excluding carboxylic acids is 3. The molecule has 0 fully saturated rings. The molecule has 0 aliphatic heterocycles. The molecule has 6 heavy (non-hydrogen) atoms. The third kappa shape index (κ3) is 12.4. The minimum Gasteiger partial charge on any atom is -0.307 e. The molecule has 0 aromatic rings. The van der Waals surface area contributed by atoms with Crippen molar-refractivity contribution in [3.05, 3.63) is 0 Å². The highest BCUT2D eigenvalue weighted by Crippen LogP contribution is 0.498. The summed E-state index contributed by atoms with van der Waals surface area (Å²) >= 11 is 0. The Morgan fingerprint density at radius 3 is 0.500 bits per heavy atom. The second-order valence-electron chi connectivity index (χ2n) is 0. The summed E-state index contributed by atoms with van der Waals surface area (Å²) in [4.78, 5) is 24.0. The monoisotopic (exact) mass is 90.0 g/mol.